The maximum Gasteiger partial charge on any atom is 0.229 e. The van der Waals surface area contributed by atoms with E-state index in [9.17, 15) is 14.0 Å². The van der Waals surface area contributed by atoms with Gasteiger partial charge in [-0.05, 0) is 24.6 Å². The van der Waals surface area contributed by atoms with Crippen LogP contribution in [0.1, 0.15) is 18.4 Å². The Labute approximate surface area is 109 Å². The number of rotatable bonds is 2. The number of halogens is 1. The van der Waals surface area contributed by atoms with E-state index in [1.165, 1.54) is 12.1 Å². The van der Waals surface area contributed by atoms with Crippen LogP contribution >= 0.6 is 0 Å². The molecule has 2 rings (SSSR count). The van der Waals surface area contributed by atoms with Crippen molar-refractivity contribution in [3.63, 3.8) is 0 Å². The number of amides is 2. The molecule has 1 aliphatic heterocycles. The van der Waals surface area contributed by atoms with Gasteiger partial charge in [0.15, 0.2) is 0 Å². The van der Waals surface area contributed by atoms with Gasteiger partial charge in [-0.15, -0.1) is 0 Å². The van der Waals surface area contributed by atoms with Gasteiger partial charge in [0, 0.05) is 18.7 Å². The molecule has 0 aromatic heterocycles. The van der Waals surface area contributed by atoms with Crippen LogP contribution in [0.4, 0.5) is 10.1 Å². The second-order valence-electron chi connectivity index (χ2n) is 4.34. The molecule has 6 heteroatoms. The lowest BCUT2D eigenvalue weighted by Gasteiger charge is -2.21. The van der Waals surface area contributed by atoms with Crippen LogP contribution in [0.2, 0.25) is 0 Å². The Balaban J connectivity index is 2.03. The van der Waals surface area contributed by atoms with Crippen molar-refractivity contribution in [2.45, 2.75) is 12.8 Å². The molecule has 1 atom stereocenters. The van der Waals surface area contributed by atoms with E-state index in [1.54, 1.807) is 6.07 Å². The van der Waals surface area contributed by atoms with E-state index in [4.69, 9.17) is 5.26 Å². The minimum absolute atomic E-state index is 0.0578. The lowest BCUT2D eigenvalue weighted by atomic mass is 9.98. The molecular weight excluding hydrogens is 249 g/mol. The molecule has 1 saturated heterocycles. The van der Waals surface area contributed by atoms with Gasteiger partial charge in [0.25, 0.3) is 0 Å². The lowest BCUT2D eigenvalue weighted by molar-refractivity contribution is -0.126. The van der Waals surface area contributed by atoms with Gasteiger partial charge < -0.3 is 10.6 Å². The van der Waals surface area contributed by atoms with Crippen molar-refractivity contribution in [3.05, 3.63) is 29.6 Å². The van der Waals surface area contributed by atoms with Gasteiger partial charge >= 0.3 is 0 Å². The highest BCUT2D eigenvalue weighted by Gasteiger charge is 2.24. The van der Waals surface area contributed by atoms with Gasteiger partial charge in [0.05, 0.1) is 11.5 Å². The number of hydrogen-bond donors (Lipinski definition) is 2. The minimum Gasteiger partial charge on any atom is -0.355 e. The van der Waals surface area contributed by atoms with Gasteiger partial charge in [-0.2, -0.15) is 5.26 Å². The van der Waals surface area contributed by atoms with Crippen molar-refractivity contribution in [2.75, 3.05) is 11.9 Å². The third-order valence-corrected chi connectivity index (χ3v) is 2.99. The van der Waals surface area contributed by atoms with Crippen molar-refractivity contribution < 1.29 is 14.0 Å². The second-order valence-corrected chi connectivity index (χ2v) is 4.34. The van der Waals surface area contributed by atoms with E-state index in [2.05, 4.69) is 10.6 Å². The summed E-state index contributed by atoms with van der Waals surface area (Å²) in [6.45, 7) is 0.303. The van der Waals surface area contributed by atoms with Gasteiger partial charge in [0.2, 0.25) is 11.8 Å². The number of nitrogens with one attached hydrogen (secondary N) is 2. The fraction of sp³-hybridized carbons (Fsp3) is 0.308. The van der Waals surface area contributed by atoms with E-state index in [1.807, 2.05) is 0 Å². The smallest absolute Gasteiger partial charge is 0.229 e. The summed E-state index contributed by atoms with van der Waals surface area (Å²) in [6.07, 6.45) is 0.814. The molecule has 0 aliphatic carbocycles. The molecule has 2 amide bonds. The highest BCUT2D eigenvalue weighted by Crippen LogP contribution is 2.17. The average molecular weight is 261 g/mol. The third-order valence-electron chi connectivity index (χ3n) is 2.99. The predicted molar refractivity (Wildman–Crippen MR) is 65.5 cm³/mol. The minimum atomic E-state index is -0.620. The van der Waals surface area contributed by atoms with E-state index in [-0.39, 0.29) is 23.3 Å². The summed E-state index contributed by atoms with van der Waals surface area (Å²) in [5.74, 6) is -1.22. The van der Waals surface area contributed by atoms with Crippen LogP contribution in [-0.2, 0) is 9.59 Å². The lowest BCUT2D eigenvalue weighted by Crippen LogP contribution is -2.40. The van der Waals surface area contributed by atoms with Crippen LogP contribution in [0, 0.1) is 23.1 Å². The largest absolute Gasteiger partial charge is 0.355 e. The zero-order valence-corrected chi connectivity index (χ0v) is 10.1. The van der Waals surface area contributed by atoms with Crippen LogP contribution in [0.5, 0.6) is 0 Å². The molecule has 1 fully saturated rings. The maximum absolute atomic E-state index is 13.1. The molecule has 1 aromatic carbocycles. The van der Waals surface area contributed by atoms with E-state index in [0.717, 1.165) is 6.07 Å². The summed E-state index contributed by atoms with van der Waals surface area (Å²) in [4.78, 5) is 22.9. The molecule has 2 N–H and O–H groups in total. The number of carbonyl (C=O) groups excluding carboxylic acids is 2. The Morgan fingerprint density at radius 1 is 1.53 bits per heavy atom. The van der Waals surface area contributed by atoms with Gasteiger partial charge in [-0.3, -0.25) is 9.59 Å². The Bertz CT molecular complexity index is 555. The van der Waals surface area contributed by atoms with Gasteiger partial charge in [-0.1, -0.05) is 0 Å². The molecule has 0 bridgehead atoms. The summed E-state index contributed by atoms with van der Waals surface area (Å²) < 4.78 is 13.1. The maximum atomic E-state index is 13.1. The second kappa shape index (κ2) is 5.48. The SMILES string of the molecule is N#Cc1cc(NC(=O)C2CCC(=O)NC2)ccc1F. The normalized spacial score (nSPS) is 18.3. The fourth-order valence-electron chi connectivity index (χ4n) is 1.89. The number of hydrogen-bond acceptors (Lipinski definition) is 3. The topological polar surface area (TPSA) is 82.0 Å². The van der Waals surface area contributed by atoms with Crippen LogP contribution in [0.3, 0.4) is 0 Å². The number of carbonyl (C=O) groups is 2. The summed E-state index contributed by atoms with van der Waals surface area (Å²) in [5.41, 5.74) is 0.259. The molecule has 1 heterocycles. The van der Waals surface area contributed by atoms with Crippen LogP contribution in [0.15, 0.2) is 18.2 Å². The molecule has 0 saturated carbocycles. The third kappa shape index (κ3) is 3.07. The fourth-order valence-corrected chi connectivity index (χ4v) is 1.89. The van der Waals surface area contributed by atoms with E-state index in [0.29, 0.717) is 25.1 Å². The number of nitriles is 1. The standard InChI is InChI=1S/C13H12FN3O2/c14-11-3-2-10(5-9(11)6-15)17-13(19)8-1-4-12(18)16-7-8/h2-3,5,8H,1,4,7H2,(H,16,18)(H,17,19). The number of piperidine rings is 1. The van der Waals surface area contributed by atoms with Crippen molar-refractivity contribution >= 4 is 17.5 Å². The summed E-state index contributed by atoms with van der Waals surface area (Å²) in [7, 11) is 0. The molecule has 98 valence electrons. The number of anilines is 1. The van der Waals surface area contributed by atoms with Crippen molar-refractivity contribution in [1.82, 2.24) is 5.32 Å². The Morgan fingerprint density at radius 2 is 2.32 bits per heavy atom. The van der Waals surface area contributed by atoms with Crippen LogP contribution < -0.4 is 10.6 Å². The predicted octanol–water partition coefficient (Wildman–Crippen LogP) is 1.16. The molecule has 0 radical (unpaired) electrons. The monoisotopic (exact) mass is 261 g/mol. The molecular formula is C13H12FN3O2. The van der Waals surface area contributed by atoms with Gasteiger partial charge in [0.1, 0.15) is 11.9 Å². The van der Waals surface area contributed by atoms with Crippen LogP contribution in [0.25, 0.3) is 0 Å². The summed E-state index contributed by atoms with van der Waals surface area (Å²) in [5, 5.41) is 13.9. The zero-order chi connectivity index (χ0) is 13.8. The molecule has 1 unspecified atom stereocenters. The van der Waals surface area contributed by atoms with E-state index >= 15 is 0 Å². The van der Waals surface area contributed by atoms with Crippen molar-refractivity contribution in [3.8, 4) is 6.07 Å². The Morgan fingerprint density at radius 3 is 2.95 bits per heavy atom. The van der Waals surface area contributed by atoms with E-state index < -0.39 is 5.82 Å². The average Bonchev–Trinajstić information content (AvgIpc) is 2.41. The molecule has 1 aromatic rings. The number of nitrogens with zero attached hydrogens (tertiary/aromatic N) is 1. The molecule has 5 nitrogen and oxygen atoms in total. The highest BCUT2D eigenvalue weighted by molar-refractivity contribution is 5.94. The molecule has 1 aliphatic rings. The highest BCUT2D eigenvalue weighted by atomic mass is 19.1. The van der Waals surface area contributed by atoms with Crippen molar-refractivity contribution in [2.24, 2.45) is 5.92 Å². The van der Waals surface area contributed by atoms with Crippen LogP contribution in [-0.4, -0.2) is 18.4 Å². The molecule has 0 spiro atoms. The van der Waals surface area contributed by atoms with Crippen molar-refractivity contribution in [1.29, 1.82) is 5.26 Å². The quantitative estimate of drug-likeness (QED) is 0.838. The Kier molecular flexibility index (Phi) is 3.76. The number of benzene rings is 1. The summed E-state index contributed by atoms with van der Waals surface area (Å²) in [6, 6.07) is 5.53. The first-order chi connectivity index (χ1) is 9.10. The Hall–Kier alpha value is -2.42. The summed E-state index contributed by atoms with van der Waals surface area (Å²) >= 11 is 0. The molecule has 19 heavy (non-hydrogen) atoms. The first-order valence-electron chi connectivity index (χ1n) is 5.87. The van der Waals surface area contributed by atoms with Gasteiger partial charge in [-0.25, -0.2) is 4.39 Å². The first-order valence-corrected chi connectivity index (χ1v) is 5.87. The first kappa shape index (κ1) is 13.0. The zero-order valence-electron chi connectivity index (χ0n) is 10.1.